The van der Waals surface area contributed by atoms with Crippen LogP contribution in [0.25, 0.3) is 11.0 Å². The zero-order chi connectivity index (χ0) is 15.8. The van der Waals surface area contributed by atoms with Crippen molar-refractivity contribution in [1.29, 1.82) is 0 Å². The predicted octanol–water partition coefficient (Wildman–Crippen LogP) is 4.46. The first-order valence-corrected chi connectivity index (χ1v) is 8.28. The van der Waals surface area contributed by atoms with Gasteiger partial charge in [-0.3, -0.25) is 0 Å². The first-order valence-electron chi connectivity index (χ1n) is 7.52. The molecule has 0 unspecified atom stereocenters. The maximum absolute atomic E-state index is 6.29. The van der Waals surface area contributed by atoms with Crippen molar-refractivity contribution < 1.29 is 4.52 Å². The SMILES string of the molecule is Clc1ccccc1N1CCN(c2noc3c(Cl)cccc23)CC1. The summed E-state index contributed by atoms with van der Waals surface area (Å²) < 4.78 is 5.41. The first-order chi connectivity index (χ1) is 11.2. The molecule has 118 valence electrons. The number of anilines is 2. The Kier molecular flexibility index (Phi) is 3.79. The molecule has 23 heavy (non-hydrogen) atoms. The van der Waals surface area contributed by atoms with Crippen LogP contribution in [0.4, 0.5) is 11.5 Å². The van der Waals surface area contributed by atoms with Crippen molar-refractivity contribution >= 4 is 45.7 Å². The van der Waals surface area contributed by atoms with E-state index in [0.717, 1.165) is 48.1 Å². The van der Waals surface area contributed by atoms with E-state index >= 15 is 0 Å². The molecule has 2 heterocycles. The molecule has 0 saturated carbocycles. The Morgan fingerprint density at radius 3 is 2.30 bits per heavy atom. The molecule has 1 saturated heterocycles. The molecule has 0 amide bonds. The van der Waals surface area contributed by atoms with E-state index in [4.69, 9.17) is 27.7 Å². The molecule has 1 aromatic heterocycles. The van der Waals surface area contributed by atoms with Crippen molar-refractivity contribution in [3.63, 3.8) is 0 Å². The molecular formula is C17H15Cl2N3O. The van der Waals surface area contributed by atoms with Crippen molar-refractivity contribution in [3.05, 3.63) is 52.5 Å². The summed E-state index contributed by atoms with van der Waals surface area (Å²) in [5, 5.41) is 6.56. The Bertz CT molecular complexity index is 841. The number of fused-ring (bicyclic) bond motifs is 1. The summed E-state index contributed by atoms with van der Waals surface area (Å²) in [6.07, 6.45) is 0. The highest BCUT2D eigenvalue weighted by molar-refractivity contribution is 6.35. The molecule has 1 aliphatic heterocycles. The number of para-hydroxylation sites is 2. The van der Waals surface area contributed by atoms with E-state index in [1.54, 1.807) is 0 Å². The maximum Gasteiger partial charge on any atom is 0.187 e. The number of hydrogen-bond acceptors (Lipinski definition) is 4. The van der Waals surface area contributed by atoms with Crippen LogP contribution < -0.4 is 9.80 Å². The Balaban J connectivity index is 1.55. The summed E-state index contributed by atoms with van der Waals surface area (Å²) in [5.74, 6) is 0.862. The van der Waals surface area contributed by atoms with Gasteiger partial charge in [-0.15, -0.1) is 0 Å². The molecule has 4 rings (SSSR count). The second-order valence-electron chi connectivity index (χ2n) is 5.55. The van der Waals surface area contributed by atoms with Gasteiger partial charge in [0.25, 0.3) is 0 Å². The molecule has 1 aliphatic rings. The lowest BCUT2D eigenvalue weighted by Crippen LogP contribution is -2.46. The summed E-state index contributed by atoms with van der Waals surface area (Å²) in [7, 11) is 0. The van der Waals surface area contributed by atoms with Crippen molar-refractivity contribution in [2.24, 2.45) is 0 Å². The quantitative estimate of drug-likeness (QED) is 0.684. The van der Waals surface area contributed by atoms with Crippen LogP contribution in [0.1, 0.15) is 0 Å². The molecule has 4 nitrogen and oxygen atoms in total. The minimum Gasteiger partial charge on any atom is -0.367 e. The summed E-state index contributed by atoms with van der Waals surface area (Å²) in [4.78, 5) is 4.53. The fraction of sp³-hybridized carbons (Fsp3) is 0.235. The fourth-order valence-corrected chi connectivity index (χ4v) is 3.48. The van der Waals surface area contributed by atoms with Crippen LogP contribution in [-0.2, 0) is 0 Å². The van der Waals surface area contributed by atoms with Crippen molar-refractivity contribution in [3.8, 4) is 0 Å². The first kappa shape index (κ1) is 14.7. The van der Waals surface area contributed by atoms with Gasteiger partial charge in [-0.2, -0.15) is 0 Å². The van der Waals surface area contributed by atoms with E-state index in [1.807, 2.05) is 36.4 Å². The molecule has 0 bridgehead atoms. The molecular weight excluding hydrogens is 333 g/mol. The lowest BCUT2D eigenvalue weighted by molar-refractivity contribution is 0.453. The molecule has 0 N–H and O–H groups in total. The molecule has 0 aliphatic carbocycles. The largest absolute Gasteiger partial charge is 0.367 e. The third kappa shape index (κ3) is 2.62. The van der Waals surface area contributed by atoms with Crippen LogP contribution >= 0.6 is 23.2 Å². The highest BCUT2D eigenvalue weighted by Gasteiger charge is 2.23. The lowest BCUT2D eigenvalue weighted by Gasteiger charge is -2.36. The second kappa shape index (κ2) is 5.95. The number of benzene rings is 2. The number of aromatic nitrogens is 1. The standard InChI is InChI=1S/C17H15Cl2N3O/c18-13-5-1-2-7-15(13)21-8-10-22(11-9-21)17-12-4-3-6-14(19)16(12)23-20-17/h1-7H,8-11H2. The molecule has 0 radical (unpaired) electrons. The van der Waals surface area contributed by atoms with Gasteiger partial charge in [0, 0.05) is 26.2 Å². The monoisotopic (exact) mass is 347 g/mol. The normalized spacial score (nSPS) is 15.4. The summed E-state index contributed by atoms with van der Waals surface area (Å²) in [5.41, 5.74) is 1.74. The van der Waals surface area contributed by atoms with Gasteiger partial charge in [-0.05, 0) is 24.3 Å². The summed E-state index contributed by atoms with van der Waals surface area (Å²) in [6, 6.07) is 13.7. The number of hydrogen-bond donors (Lipinski definition) is 0. The van der Waals surface area contributed by atoms with Gasteiger partial charge >= 0.3 is 0 Å². The predicted molar refractivity (Wildman–Crippen MR) is 94.9 cm³/mol. The van der Waals surface area contributed by atoms with Crippen LogP contribution in [0.15, 0.2) is 47.0 Å². The van der Waals surface area contributed by atoms with Crippen LogP contribution in [0.2, 0.25) is 10.0 Å². The van der Waals surface area contributed by atoms with Gasteiger partial charge in [-0.25, -0.2) is 0 Å². The summed E-state index contributed by atoms with van der Waals surface area (Å²) in [6.45, 7) is 3.50. The van der Waals surface area contributed by atoms with E-state index in [9.17, 15) is 0 Å². The topological polar surface area (TPSA) is 32.5 Å². The molecule has 0 spiro atoms. The third-order valence-corrected chi connectivity index (χ3v) is 4.82. The minimum atomic E-state index is 0.593. The van der Waals surface area contributed by atoms with Gasteiger partial charge in [-0.1, -0.05) is 46.6 Å². The summed E-state index contributed by atoms with van der Waals surface area (Å²) >= 11 is 12.4. The highest BCUT2D eigenvalue weighted by atomic mass is 35.5. The average molecular weight is 348 g/mol. The van der Waals surface area contributed by atoms with E-state index in [-0.39, 0.29) is 0 Å². The smallest absolute Gasteiger partial charge is 0.187 e. The molecule has 2 aromatic carbocycles. The molecule has 3 aromatic rings. The Morgan fingerprint density at radius 1 is 0.826 bits per heavy atom. The van der Waals surface area contributed by atoms with Crippen LogP contribution in [0, 0.1) is 0 Å². The van der Waals surface area contributed by atoms with Crippen LogP contribution in [-0.4, -0.2) is 31.3 Å². The highest BCUT2D eigenvalue weighted by Crippen LogP contribution is 2.32. The van der Waals surface area contributed by atoms with E-state index < -0.39 is 0 Å². The van der Waals surface area contributed by atoms with Crippen molar-refractivity contribution in [2.75, 3.05) is 36.0 Å². The number of halogens is 2. The van der Waals surface area contributed by atoms with Gasteiger partial charge in [0.05, 0.1) is 21.1 Å². The van der Waals surface area contributed by atoms with Crippen LogP contribution in [0.5, 0.6) is 0 Å². The zero-order valence-corrected chi connectivity index (χ0v) is 13.9. The van der Waals surface area contributed by atoms with E-state index in [2.05, 4.69) is 21.0 Å². The third-order valence-electron chi connectivity index (χ3n) is 4.20. The Hall–Kier alpha value is -1.91. The molecule has 6 heteroatoms. The Morgan fingerprint density at radius 2 is 1.52 bits per heavy atom. The average Bonchev–Trinajstić information content (AvgIpc) is 3.01. The fourth-order valence-electron chi connectivity index (χ4n) is 3.01. The van der Waals surface area contributed by atoms with Crippen molar-refractivity contribution in [2.45, 2.75) is 0 Å². The number of piperazine rings is 1. The number of nitrogens with zero attached hydrogens (tertiary/aromatic N) is 3. The second-order valence-corrected chi connectivity index (χ2v) is 6.36. The van der Waals surface area contributed by atoms with E-state index in [0.29, 0.717) is 10.6 Å². The van der Waals surface area contributed by atoms with Crippen molar-refractivity contribution in [1.82, 2.24) is 5.16 Å². The van der Waals surface area contributed by atoms with Gasteiger partial charge < -0.3 is 14.3 Å². The zero-order valence-electron chi connectivity index (χ0n) is 12.4. The molecule has 0 atom stereocenters. The minimum absolute atomic E-state index is 0.593. The molecule has 1 fully saturated rings. The lowest BCUT2D eigenvalue weighted by atomic mass is 10.2. The van der Waals surface area contributed by atoms with Crippen LogP contribution in [0.3, 0.4) is 0 Å². The van der Waals surface area contributed by atoms with E-state index in [1.165, 1.54) is 0 Å². The van der Waals surface area contributed by atoms with Gasteiger partial charge in [0.1, 0.15) is 0 Å². The number of rotatable bonds is 2. The van der Waals surface area contributed by atoms with Gasteiger partial charge in [0.2, 0.25) is 0 Å². The maximum atomic E-state index is 6.29. The Labute approximate surface area is 144 Å². The van der Waals surface area contributed by atoms with Gasteiger partial charge in [0.15, 0.2) is 11.4 Å².